The monoisotopic (exact) mass is 438 g/mol. The quantitative estimate of drug-likeness (QED) is 0.349. The minimum absolute atomic E-state index is 0.0261. The Labute approximate surface area is 194 Å². The van der Waals surface area contributed by atoms with Crippen LogP contribution in [0.4, 0.5) is 0 Å². The highest BCUT2D eigenvalue weighted by Crippen LogP contribution is 2.43. The number of carbonyl (C=O) groups excluding carboxylic acids is 2. The zero-order chi connectivity index (χ0) is 25.0. The van der Waals surface area contributed by atoms with E-state index < -0.39 is 10.8 Å². The first-order chi connectivity index (χ1) is 13.7. The molecule has 4 heteroatoms. The van der Waals surface area contributed by atoms with Crippen molar-refractivity contribution in [2.75, 3.05) is 27.2 Å². The zero-order valence-corrected chi connectivity index (χ0v) is 23.4. The van der Waals surface area contributed by atoms with Gasteiger partial charge in [-0.05, 0) is 35.5 Å². The van der Waals surface area contributed by atoms with Crippen LogP contribution in [0.1, 0.15) is 102 Å². The van der Waals surface area contributed by atoms with Gasteiger partial charge in [-0.3, -0.25) is 9.59 Å². The smallest absolute Gasteiger partial charge is 0.228 e. The summed E-state index contributed by atoms with van der Waals surface area (Å²) in [6.07, 6.45) is 2.75. The molecule has 0 saturated heterocycles. The Morgan fingerprint density at radius 3 is 1.52 bits per heavy atom. The first-order valence-corrected chi connectivity index (χ1v) is 12.2. The zero-order valence-electron chi connectivity index (χ0n) is 23.4. The average molecular weight is 439 g/mol. The first kappa shape index (κ1) is 29.9. The van der Waals surface area contributed by atoms with Crippen molar-refractivity contribution in [3.05, 3.63) is 0 Å². The largest absolute Gasteiger partial charge is 0.345 e. The second-order valence-corrected chi connectivity index (χ2v) is 13.2. The molecule has 0 aliphatic heterocycles. The summed E-state index contributed by atoms with van der Waals surface area (Å²) in [5.41, 5.74) is -0.900. The van der Waals surface area contributed by atoms with Gasteiger partial charge in [0.25, 0.3) is 0 Å². The molecule has 0 aromatic rings. The fourth-order valence-electron chi connectivity index (χ4n) is 5.52. The van der Waals surface area contributed by atoms with E-state index in [1.165, 1.54) is 0 Å². The number of hydrogen-bond acceptors (Lipinski definition) is 2. The normalized spacial score (nSPS) is 15.2. The maximum atomic E-state index is 13.5. The van der Waals surface area contributed by atoms with Crippen molar-refractivity contribution in [2.45, 2.75) is 102 Å². The lowest BCUT2D eigenvalue weighted by atomic mass is 9.66. The molecule has 0 N–H and O–H groups in total. The van der Waals surface area contributed by atoms with Crippen LogP contribution in [0.15, 0.2) is 0 Å². The molecule has 2 amide bonds. The van der Waals surface area contributed by atoms with Crippen LogP contribution in [0.2, 0.25) is 0 Å². The van der Waals surface area contributed by atoms with Gasteiger partial charge in [-0.2, -0.15) is 0 Å². The molecule has 4 nitrogen and oxygen atoms in total. The summed E-state index contributed by atoms with van der Waals surface area (Å²) in [5.74, 6) is 1.26. The van der Waals surface area contributed by atoms with E-state index >= 15 is 0 Å². The van der Waals surface area contributed by atoms with E-state index in [4.69, 9.17) is 0 Å². The molecule has 0 rings (SSSR count). The SMILES string of the molecule is CCC(C)(CC(C)(C)CN(C)C(=O)C(C)(C)CC(C)(C)C(=O)N(C)CC(C)C)C(C)C. The Kier molecular flexibility index (Phi) is 10.3. The minimum Gasteiger partial charge on any atom is -0.345 e. The van der Waals surface area contributed by atoms with E-state index in [0.717, 1.165) is 25.9 Å². The van der Waals surface area contributed by atoms with Crippen LogP contribution in [-0.4, -0.2) is 48.8 Å². The molecule has 0 saturated carbocycles. The van der Waals surface area contributed by atoms with Crippen molar-refractivity contribution in [2.24, 2.45) is 33.5 Å². The Hall–Kier alpha value is -1.06. The maximum Gasteiger partial charge on any atom is 0.228 e. The van der Waals surface area contributed by atoms with Crippen molar-refractivity contribution >= 4 is 11.8 Å². The number of hydrogen-bond donors (Lipinski definition) is 0. The highest BCUT2D eigenvalue weighted by atomic mass is 16.2. The van der Waals surface area contributed by atoms with Gasteiger partial charge in [-0.15, -0.1) is 0 Å². The average Bonchev–Trinajstić information content (AvgIpc) is 2.57. The fraction of sp³-hybridized carbons (Fsp3) is 0.926. The summed E-state index contributed by atoms with van der Waals surface area (Å²) in [7, 11) is 3.79. The van der Waals surface area contributed by atoms with E-state index in [9.17, 15) is 9.59 Å². The number of rotatable bonds is 12. The summed E-state index contributed by atoms with van der Waals surface area (Å²) in [4.78, 5) is 30.2. The Morgan fingerprint density at radius 2 is 1.16 bits per heavy atom. The van der Waals surface area contributed by atoms with Gasteiger partial charge < -0.3 is 9.80 Å². The van der Waals surface area contributed by atoms with Gasteiger partial charge in [-0.1, -0.05) is 89.5 Å². The van der Waals surface area contributed by atoms with E-state index in [0.29, 0.717) is 18.3 Å². The lowest BCUT2D eigenvalue weighted by Gasteiger charge is -2.43. The Bertz CT molecular complexity index is 604. The third kappa shape index (κ3) is 8.77. The van der Waals surface area contributed by atoms with E-state index in [1.807, 2.05) is 51.6 Å². The Balaban J connectivity index is 5.35. The Morgan fingerprint density at radius 1 is 0.742 bits per heavy atom. The van der Waals surface area contributed by atoms with E-state index in [2.05, 4.69) is 55.4 Å². The maximum absolute atomic E-state index is 13.5. The van der Waals surface area contributed by atoms with Crippen LogP contribution in [-0.2, 0) is 9.59 Å². The van der Waals surface area contributed by atoms with Crippen LogP contribution < -0.4 is 0 Å². The van der Waals surface area contributed by atoms with Crippen molar-refractivity contribution < 1.29 is 9.59 Å². The number of nitrogens with zero attached hydrogens (tertiary/aromatic N) is 2. The van der Waals surface area contributed by atoms with Gasteiger partial charge in [0.05, 0.1) is 0 Å². The standard InChI is InChI=1S/C27H54N2O2/c1-15-27(12,21(4)5)17-24(6,7)19-29(14)23(31)26(10,11)18-25(8,9)22(30)28(13)16-20(2)3/h20-21H,15-19H2,1-14H3. The van der Waals surface area contributed by atoms with Crippen molar-refractivity contribution in [3.8, 4) is 0 Å². The molecule has 0 spiro atoms. The first-order valence-electron chi connectivity index (χ1n) is 12.2. The topological polar surface area (TPSA) is 40.6 Å². The summed E-state index contributed by atoms with van der Waals surface area (Å²) in [5, 5.41) is 0. The predicted molar refractivity (Wildman–Crippen MR) is 134 cm³/mol. The van der Waals surface area contributed by atoms with Gasteiger partial charge in [-0.25, -0.2) is 0 Å². The van der Waals surface area contributed by atoms with Crippen molar-refractivity contribution in [1.29, 1.82) is 0 Å². The second-order valence-electron chi connectivity index (χ2n) is 13.2. The van der Waals surface area contributed by atoms with Crippen LogP contribution in [0.5, 0.6) is 0 Å². The molecule has 0 aromatic heterocycles. The summed E-state index contributed by atoms with van der Waals surface area (Å²) in [6.45, 7) is 27.4. The molecular formula is C27H54N2O2. The van der Waals surface area contributed by atoms with Gasteiger partial charge in [0, 0.05) is 38.0 Å². The second kappa shape index (κ2) is 10.7. The van der Waals surface area contributed by atoms with Gasteiger partial charge in [0.2, 0.25) is 11.8 Å². The van der Waals surface area contributed by atoms with Gasteiger partial charge in [0.1, 0.15) is 0 Å². The molecule has 0 heterocycles. The highest BCUT2D eigenvalue weighted by Gasteiger charge is 2.42. The van der Waals surface area contributed by atoms with Crippen LogP contribution >= 0.6 is 0 Å². The lowest BCUT2D eigenvalue weighted by Crippen LogP contribution is -2.48. The lowest BCUT2D eigenvalue weighted by molar-refractivity contribution is -0.147. The molecule has 0 aliphatic carbocycles. The van der Waals surface area contributed by atoms with E-state index in [-0.39, 0.29) is 22.6 Å². The van der Waals surface area contributed by atoms with Gasteiger partial charge >= 0.3 is 0 Å². The highest BCUT2D eigenvalue weighted by molar-refractivity contribution is 5.85. The van der Waals surface area contributed by atoms with Crippen molar-refractivity contribution in [3.63, 3.8) is 0 Å². The molecule has 1 unspecified atom stereocenters. The number of amides is 2. The third-order valence-corrected chi connectivity index (χ3v) is 7.12. The summed E-state index contributed by atoms with van der Waals surface area (Å²) < 4.78 is 0. The van der Waals surface area contributed by atoms with Crippen molar-refractivity contribution in [1.82, 2.24) is 9.80 Å². The molecule has 0 fully saturated rings. The number of carbonyl (C=O) groups is 2. The van der Waals surface area contributed by atoms with E-state index in [1.54, 1.807) is 0 Å². The fourth-order valence-corrected chi connectivity index (χ4v) is 5.52. The molecule has 31 heavy (non-hydrogen) atoms. The van der Waals surface area contributed by atoms with Crippen LogP contribution in [0.3, 0.4) is 0 Å². The molecular weight excluding hydrogens is 384 g/mol. The molecule has 0 aliphatic rings. The predicted octanol–water partition coefficient (Wildman–Crippen LogP) is 6.49. The molecule has 1 atom stereocenters. The molecule has 184 valence electrons. The third-order valence-electron chi connectivity index (χ3n) is 7.12. The molecule has 0 bridgehead atoms. The minimum atomic E-state index is -0.602. The summed E-state index contributed by atoms with van der Waals surface area (Å²) >= 11 is 0. The molecule has 0 aromatic carbocycles. The van der Waals surface area contributed by atoms with Gasteiger partial charge in [0.15, 0.2) is 0 Å². The summed E-state index contributed by atoms with van der Waals surface area (Å²) in [6, 6.07) is 0. The molecule has 0 radical (unpaired) electrons. The van der Waals surface area contributed by atoms with Crippen LogP contribution in [0, 0.1) is 33.5 Å². The van der Waals surface area contributed by atoms with Crippen LogP contribution in [0.25, 0.3) is 0 Å².